The fraction of sp³-hybridized carbons (Fsp3) is 0.0213. The molecule has 1 heteroatoms. The Kier molecular flexibility index (Phi) is 5.34. The summed E-state index contributed by atoms with van der Waals surface area (Å²) < 4.78 is 0. The van der Waals surface area contributed by atoms with Crippen LogP contribution in [0.1, 0.15) is 22.3 Å². The third-order valence-corrected chi connectivity index (χ3v) is 12.1. The van der Waals surface area contributed by atoms with Crippen LogP contribution in [0.2, 0.25) is 0 Å². The molecule has 1 spiro atoms. The lowest BCUT2D eigenvalue weighted by Gasteiger charge is -2.39. The van der Waals surface area contributed by atoms with Crippen molar-refractivity contribution in [2.24, 2.45) is 0 Å². The molecule has 0 aromatic heterocycles. The zero-order valence-electron chi connectivity index (χ0n) is 26.1. The molecule has 0 fully saturated rings. The predicted molar refractivity (Wildman–Crippen MR) is 203 cm³/mol. The number of hydrogen-bond acceptors (Lipinski definition) is 1. The molecular formula is C47H28S. The second kappa shape index (κ2) is 9.70. The zero-order chi connectivity index (χ0) is 31.4. The third-order valence-electron chi connectivity index (χ3n) is 10.9. The zero-order valence-corrected chi connectivity index (χ0v) is 26.9. The molecule has 0 amide bonds. The van der Waals surface area contributed by atoms with Crippen molar-refractivity contribution in [3.63, 3.8) is 0 Å². The fourth-order valence-corrected chi connectivity index (χ4v) is 10.2. The summed E-state index contributed by atoms with van der Waals surface area (Å²) in [7, 11) is 0. The molecular weight excluding hydrogens is 597 g/mol. The number of benzene rings is 9. The van der Waals surface area contributed by atoms with Crippen molar-refractivity contribution in [2.45, 2.75) is 15.2 Å². The summed E-state index contributed by atoms with van der Waals surface area (Å²) in [5, 5.41) is 10.4. The van der Waals surface area contributed by atoms with Gasteiger partial charge in [0.1, 0.15) is 0 Å². The highest BCUT2D eigenvalue weighted by atomic mass is 32.2. The van der Waals surface area contributed by atoms with E-state index in [4.69, 9.17) is 0 Å². The topological polar surface area (TPSA) is 0 Å². The van der Waals surface area contributed by atoms with Gasteiger partial charge in [-0.05, 0) is 112 Å². The Hall–Kier alpha value is -5.63. The van der Waals surface area contributed by atoms with Gasteiger partial charge in [-0.25, -0.2) is 0 Å². The smallest absolute Gasteiger partial charge is 0.0735 e. The molecule has 0 unspecified atom stereocenters. The maximum atomic E-state index is 2.55. The second-order valence-electron chi connectivity index (χ2n) is 13.1. The van der Waals surface area contributed by atoms with Gasteiger partial charge >= 0.3 is 0 Å². The van der Waals surface area contributed by atoms with E-state index in [1.165, 1.54) is 97.4 Å². The molecule has 222 valence electrons. The Morgan fingerprint density at radius 2 is 0.792 bits per heavy atom. The maximum absolute atomic E-state index is 2.55. The summed E-state index contributed by atoms with van der Waals surface area (Å²) in [6.07, 6.45) is 0. The van der Waals surface area contributed by atoms with Crippen molar-refractivity contribution in [1.29, 1.82) is 0 Å². The van der Waals surface area contributed by atoms with Crippen LogP contribution in [-0.2, 0) is 5.41 Å². The number of hydrogen-bond donors (Lipinski definition) is 0. The van der Waals surface area contributed by atoms with Crippen molar-refractivity contribution >= 4 is 54.9 Å². The van der Waals surface area contributed by atoms with E-state index in [0.29, 0.717) is 0 Å². The van der Waals surface area contributed by atoms with E-state index in [1.807, 2.05) is 11.8 Å². The number of rotatable bonds is 1. The largest absolute Gasteiger partial charge is 0.0894 e. The molecule has 0 bridgehead atoms. The molecule has 1 aliphatic heterocycles. The van der Waals surface area contributed by atoms with E-state index in [-0.39, 0.29) is 0 Å². The van der Waals surface area contributed by atoms with E-state index in [2.05, 4.69) is 170 Å². The molecule has 2 aliphatic rings. The quantitative estimate of drug-likeness (QED) is 0.164. The maximum Gasteiger partial charge on any atom is 0.0735 e. The number of fused-ring (bicyclic) bond motifs is 17. The first kappa shape index (κ1) is 26.4. The lowest BCUT2D eigenvalue weighted by molar-refractivity contribution is 0.723. The van der Waals surface area contributed by atoms with Crippen LogP contribution < -0.4 is 0 Å². The van der Waals surface area contributed by atoms with Crippen molar-refractivity contribution in [3.8, 4) is 22.3 Å². The summed E-state index contributed by atoms with van der Waals surface area (Å²) in [4.78, 5) is 2.66. The van der Waals surface area contributed by atoms with Gasteiger partial charge in [-0.3, -0.25) is 0 Å². The van der Waals surface area contributed by atoms with Crippen LogP contribution >= 0.6 is 11.8 Å². The van der Waals surface area contributed by atoms with Crippen molar-refractivity contribution < 1.29 is 0 Å². The van der Waals surface area contributed by atoms with E-state index in [9.17, 15) is 0 Å². The van der Waals surface area contributed by atoms with Gasteiger partial charge in [-0.2, -0.15) is 0 Å². The first-order valence-electron chi connectivity index (χ1n) is 16.7. The van der Waals surface area contributed by atoms with Gasteiger partial charge < -0.3 is 0 Å². The van der Waals surface area contributed by atoms with Gasteiger partial charge in [-0.15, -0.1) is 0 Å². The van der Waals surface area contributed by atoms with Crippen LogP contribution in [0.3, 0.4) is 0 Å². The van der Waals surface area contributed by atoms with Gasteiger partial charge in [0.05, 0.1) is 5.41 Å². The molecule has 1 heterocycles. The highest BCUT2D eigenvalue weighted by molar-refractivity contribution is 7.99. The lowest BCUT2D eigenvalue weighted by Crippen LogP contribution is -2.32. The van der Waals surface area contributed by atoms with Gasteiger partial charge in [-0.1, -0.05) is 157 Å². The Bertz CT molecular complexity index is 2740. The second-order valence-corrected chi connectivity index (χ2v) is 14.2. The van der Waals surface area contributed by atoms with Gasteiger partial charge in [0.25, 0.3) is 0 Å². The van der Waals surface area contributed by atoms with Crippen LogP contribution in [0.5, 0.6) is 0 Å². The van der Waals surface area contributed by atoms with Crippen molar-refractivity contribution in [2.75, 3.05) is 0 Å². The van der Waals surface area contributed by atoms with E-state index < -0.39 is 5.41 Å². The molecule has 48 heavy (non-hydrogen) atoms. The highest BCUT2D eigenvalue weighted by Crippen LogP contribution is 2.63. The summed E-state index contributed by atoms with van der Waals surface area (Å²) in [5.74, 6) is 0. The molecule has 0 saturated heterocycles. The molecule has 0 nitrogen and oxygen atoms in total. The van der Waals surface area contributed by atoms with Gasteiger partial charge in [0.15, 0.2) is 0 Å². The molecule has 9 aromatic carbocycles. The van der Waals surface area contributed by atoms with Crippen LogP contribution in [0, 0.1) is 0 Å². The summed E-state index contributed by atoms with van der Waals surface area (Å²) in [5.41, 5.74) is 10.3. The van der Waals surface area contributed by atoms with Crippen LogP contribution in [0.15, 0.2) is 180 Å². The SMILES string of the molecule is c1ccc2c(c1)Sc1ccccc1C21c2ccccc2-c2c1cc(-c1ccc3c4ccccc4c4ccccc4c3c1)c1ccccc21. The lowest BCUT2D eigenvalue weighted by atomic mass is 9.67. The van der Waals surface area contributed by atoms with Crippen LogP contribution in [0.4, 0.5) is 0 Å². The molecule has 9 aromatic rings. The molecule has 11 rings (SSSR count). The van der Waals surface area contributed by atoms with Gasteiger partial charge in [0, 0.05) is 9.79 Å². The Morgan fingerprint density at radius 3 is 1.44 bits per heavy atom. The Morgan fingerprint density at radius 1 is 0.312 bits per heavy atom. The summed E-state index contributed by atoms with van der Waals surface area (Å²) in [6, 6.07) is 63.8. The monoisotopic (exact) mass is 624 g/mol. The van der Waals surface area contributed by atoms with Crippen LogP contribution in [0.25, 0.3) is 65.3 Å². The van der Waals surface area contributed by atoms with Crippen molar-refractivity contribution in [3.05, 3.63) is 192 Å². The molecule has 0 saturated carbocycles. The fourth-order valence-electron chi connectivity index (χ4n) is 9.02. The molecule has 0 atom stereocenters. The predicted octanol–water partition coefficient (Wildman–Crippen LogP) is 12.8. The third kappa shape index (κ3) is 3.32. The Labute approximate surface area is 283 Å². The molecule has 1 aliphatic carbocycles. The first-order valence-corrected chi connectivity index (χ1v) is 17.5. The summed E-state index contributed by atoms with van der Waals surface area (Å²) >= 11 is 1.90. The summed E-state index contributed by atoms with van der Waals surface area (Å²) in [6.45, 7) is 0. The van der Waals surface area contributed by atoms with Crippen molar-refractivity contribution in [1.82, 2.24) is 0 Å². The van der Waals surface area contributed by atoms with E-state index in [0.717, 1.165) is 0 Å². The minimum atomic E-state index is -0.414. The average molecular weight is 625 g/mol. The average Bonchev–Trinajstić information content (AvgIpc) is 3.45. The van der Waals surface area contributed by atoms with Crippen LogP contribution in [-0.4, -0.2) is 0 Å². The Balaban J connectivity index is 1.29. The standard InChI is InChI=1S/C47H28S/c1-2-15-32-30(13-1)31-14-3-4-16-33(31)39-27-29(25-26-35(32)39)38-28-43-46(36-18-6-5-17-34(36)38)37-19-7-8-20-40(37)47(43)41-21-9-11-23-44(41)48-45-24-12-10-22-42(45)47/h1-28H. The molecule has 0 radical (unpaired) electrons. The molecule has 0 N–H and O–H groups in total. The van der Waals surface area contributed by atoms with E-state index >= 15 is 0 Å². The highest BCUT2D eigenvalue weighted by Gasteiger charge is 2.50. The minimum Gasteiger partial charge on any atom is -0.0894 e. The first-order chi connectivity index (χ1) is 23.8. The van der Waals surface area contributed by atoms with E-state index in [1.54, 1.807) is 0 Å². The minimum absolute atomic E-state index is 0.414. The normalized spacial score (nSPS) is 13.9. The van der Waals surface area contributed by atoms with Gasteiger partial charge in [0.2, 0.25) is 0 Å².